The first-order valence-electron chi connectivity index (χ1n) is 7.72. The monoisotopic (exact) mass is 344 g/mol. The van der Waals surface area contributed by atoms with E-state index in [0.29, 0.717) is 16.6 Å². The first-order valence-corrected chi connectivity index (χ1v) is 8.54. The van der Waals surface area contributed by atoms with Crippen LogP contribution in [0.5, 0.6) is 5.75 Å². The topological polar surface area (TPSA) is 69.0 Å². The lowest BCUT2D eigenvalue weighted by atomic mass is 10.2. The Morgan fingerprint density at radius 1 is 1.33 bits per heavy atom. The van der Waals surface area contributed by atoms with E-state index in [1.165, 1.54) is 11.3 Å². The lowest BCUT2D eigenvalue weighted by Gasteiger charge is -2.06. The van der Waals surface area contributed by atoms with Gasteiger partial charge in [-0.3, -0.25) is 14.8 Å². The van der Waals surface area contributed by atoms with Crippen LogP contribution < -0.4 is 10.1 Å². The molecule has 6 nitrogen and oxygen atoms in total. The molecule has 0 unspecified atom stereocenters. The van der Waals surface area contributed by atoms with Gasteiger partial charge in [-0.1, -0.05) is 17.4 Å². The van der Waals surface area contributed by atoms with Crippen molar-refractivity contribution >= 4 is 32.6 Å². The molecule has 3 aromatic rings. The number of fused-ring (bicyclic) bond motifs is 1. The molecule has 7 heteroatoms. The van der Waals surface area contributed by atoms with Gasteiger partial charge in [-0.25, -0.2) is 4.98 Å². The minimum atomic E-state index is -0.256. The van der Waals surface area contributed by atoms with Crippen LogP contribution in [0.4, 0.5) is 5.13 Å². The van der Waals surface area contributed by atoms with Crippen LogP contribution in [0.2, 0.25) is 0 Å². The summed E-state index contributed by atoms with van der Waals surface area (Å²) in [6.07, 6.45) is 0. The zero-order valence-corrected chi connectivity index (χ0v) is 15.2. The molecule has 0 saturated carbocycles. The van der Waals surface area contributed by atoms with Gasteiger partial charge in [0.2, 0.25) is 0 Å². The van der Waals surface area contributed by atoms with Crippen molar-refractivity contribution in [1.29, 1.82) is 0 Å². The van der Waals surface area contributed by atoms with E-state index >= 15 is 0 Å². The Labute approximate surface area is 144 Å². The standard InChI is InChI=1S/C17H20N4O2S/c1-9(2)21-11(4)8-12(20-21)16(22)19-17-18-14-13(23-5)7-6-10(3)15(14)24-17/h6-9H,1-5H3,(H,18,19,22). The first kappa shape index (κ1) is 16.4. The van der Waals surface area contributed by atoms with Crippen molar-refractivity contribution in [2.24, 2.45) is 0 Å². The number of hydrogen-bond acceptors (Lipinski definition) is 5. The maximum atomic E-state index is 12.5. The predicted octanol–water partition coefficient (Wildman–Crippen LogP) is 3.95. The highest BCUT2D eigenvalue weighted by atomic mass is 32.1. The third kappa shape index (κ3) is 2.87. The quantitative estimate of drug-likeness (QED) is 0.778. The number of carbonyl (C=O) groups excluding carboxylic acids is 1. The van der Waals surface area contributed by atoms with Crippen molar-refractivity contribution in [1.82, 2.24) is 14.8 Å². The molecule has 0 fully saturated rings. The summed E-state index contributed by atoms with van der Waals surface area (Å²) in [5.41, 5.74) is 3.21. The van der Waals surface area contributed by atoms with Crippen LogP contribution in [0.1, 0.15) is 41.6 Å². The summed E-state index contributed by atoms with van der Waals surface area (Å²) < 4.78 is 8.19. The predicted molar refractivity (Wildman–Crippen MR) is 96.2 cm³/mol. The SMILES string of the molecule is COc1ccc(C)c2sc(NC(=O)c3cc(C)n(C(C)C)n3)nc12. The molecule has 1 aromatic carbocycles. The third-order valence-electron chi connectivity index (χ3n) is 3.79. The summed E-state index contributed by atoms with van der Waals surface area (Å²) in [5, 5.41) is 7.75. The summed E-state index contributed by atoms with van der Waals surface area (Å²) in [5.74, 6) is 0.445. The highest BCUT2D eigenvalue weighted by Crippen LogP contribution is 2.34. The number of rotatable bonds is 4. The molecule has 3 rings (SSSR count). The number of hydrogen-bond donors (Lipinski definition) is 1. The van der Waals surface area contributed by atoms with Crippen molar-refractivity contribution in [3.8, 4) is 5.75 Å². The van der Waals surface area contributed by atoms with Gasteiger partial charge in [-0.15, -0.1) is 0 Å². The van der Waals surface area contributed by atoms with Crippen LogP contribution in [-0.2, 0) is 0 Å². The number of thiazole rings is 1. The fourth-order valence-corrected chi connectivity index (χ4v) is 3.56. The number of methoxy groups -OCH3 is 1. The van der Waals surface area contributed by atoms with Crippen LogP contribution in [-0.4, -0.2) is 27.8 Å². The number of aromatic nitrogens is 3. The molecule has 0 aliphatic rings. The number of benzene rings is 1. The molecule has 0 spiro atoms. The fourth-order valence-electron chi connectivity index (χ4n) is 2.61. The van der Waals surface area contributed by atoms with Gasteiger partial charge in [0.25, 0.3) is 5.91 Å². The average molecular weight is 344 g/mol. The number of amides is 1. The highest BCUT2D eigenvalue weighted by Gasteiger charge is 2.17. The van der Waals surface area contributed by atoms with E-state index in [2.05, 4.69) is 15.4 Å². The molecular formula is C17H20N4O2S. The van der Waals surface area contributed by atoms with E-state index in [0.717, 1.165) is 21.5 Å². The van der Waals surface area contributed by atoms with Gasteiger partial charge in [-0.05, 0) is 45.4 Å². The molecule has 0 aliphatic heterocycles. The lowest BCUT2D eigenvalue weighted by molar-refractivity contribution is 0.102. The minimum absolute atomic E-state index is 0.209. The molecule has 2 aromatic heterocycles. The van der Waals surface area contributed by atoms with Gasteiger partial charge < -0.3 is 4.74 Å². The summed E-state index contributed by atoms with van der Waals surface area (Å²) in [6, 6.07) is 5.87. The summed E-state index contributed by atoms with van der Waals surface area (Å²) in [4.78, 5) is 17.0. The number of nitrogens with zero attached hydrogens (tertiary/aromatic N) is 3. The van der Waals surface area contributed by atoms with Crippen molar-refractivity contribution in [2.75, 3.05) is 12.4 Å². The normalized spacial score (nSPS) is 11.2. The Balaban J connectivity index is 1.91. The number of anilines is 1. The minimum Gasteiger partial charge on any atom is -0.494 e. The van der Waals surface area contributed by atoms with Gasteiger partial charge in [0.15, 0.2) is 10.8 Å². The molecule has 2 heterocycles. The van der Waals surface area contributed by atoms with Gasteiger partial charge in [0, 0.05) is 11.7 Å². The Bertz CT molecular complexity index is 911. The van der Waals surface area contributed by atoms with Gasteiger partial charge in [0.1, 0.15) is 11.3 Å². The second-order valence-electron chi connectivity index (χ2n) is 5.94. The molecule has 0 atom stereocenters. The first-order chi connectivity index (χ1) is 11.4. The fraction of sp³-hybridized carbons (Fsp3) is 0.353. The van der Waals surface area contributed by atoms with E-state index < -0.39 is 0 Å². The molecule has 24 heavy (non-hydrogen) atoms. The Hall–Kier alpha value is -2.41. The van der Waals surface area contributed by atoms with Crippen LogP contribution in [0.25, 0.3) is 10.2 Å². The summed E-state index contributed by atoms with van der Waals surface area (Å²) in [7, 11) is 1.61. The average Bonchev–Trinajstić information content (AvgIpc) is 3.12. The molecule has 1 amide bonds. The van der Waals surface area contributed by atoms with E-state index in [1.54, 1.807) is 13.2 Å². The van der Waals surface area contributed by atoms with E-state index in [9.17, 15) is 4.79 Å². The number of ether oxygens (including phenoxy) is 1. The van der Waals surface area contributed by atoms with Crippen molar-refractivity contribution in [3.63, 3.8) is 0 Å². The van der Waals surface area contributed by atoms with Crippen LogP contribution in [0.15, 0.2) is 18.2 Å². The maximum absolute atomic E-state index is 12.5. The molecule has 0 bridgehead atoms. The van der Waals surface area contributed by atoms with E-state index in [-0.39, 0.29) is 11.9 Å². The Kier molecular flexibility index (Phi) is 4.28. The van der Waals surface area contributed by atoms with Crippen LogP contribution in [0.3, 0.4) is 0 Å². The van der Waals surface area contributed by atoms with Crippen molar-refractivity contribution in [3.05, 3.63) is 35.2 Å². The largest absolute Gasteiger partial charge is 0.494 e. The second-order valence-corrected chi connectivity index (χ2v) is 6.94. The van der Waals surface area contributed by atoms with E-state index in [4.69, 9.17) is 4.74 Å². The lowest BCUT2D eigenvalue weighted by Crippen LogP contribution is -2.13. The second kappa shape index (κ2) is 6.24. The molecule has 0 aliphatic carbocycles. The number of carbonyl (C=O) groups is 1. The van der Waals surface area contributed by atoms with Gasteiger partial charge in [-0.2, -0.15) is 5.10 Å². The Morgan fingerprint density at radius 2 is 2.08 bits per heavy atom. The van der Waals surface area contributed by atoms with Gasteiger partial charge >= 0.3 is 0 Å². The van der Waals surface area contributed by atoms with Crippen LogP contribution in [0, 0.1) is 13.8 Å². The highest BCUT2D eigenvalue weighted by molar-refractivity contribution is 7.22. The third-order valence-corrected chi connectivity index (χ3v) is 4.89. The van der Waals surface area contributed by atoms with Crippen LogP contribution >= 0.6 is 11.3 Å². The summed E-state index contributed by atoms with van der Waals surface area (Å²) >= 11 is 1.44. The Morgan fingerprint density at radius 3 is 2.71 bits per heavy atom. The maximum Gasteiger partial charge on any atom is 0.277 e. The van der Waals surface area contributed by atoms with E-state index in [1.807, 2.05) is 44.5 Å². The molecular weight excluding hydrogens is 324 g/mol. The molecule has 0 saturated heterocycles. The molecule has 126 valence electrons. The van der Waals surface area contributed by atoms with Crippen molar-refractivity contribution in [2.45, 2.75) is 33.7 Å². The zero-order chi connectivity index (χ0) is 17.4. The zero-order valence-electron chi connectivity index (χ0n) is 14.4. The number of nitrogens with one attached hydrogen (secondary N) is 1. The molecule has 1 N–H and O–H groups in total. The van der Waals surface area contributed by atoms with Crippen molar-refractivity contribution < 1.29 is 9.53 Å². The molecule has 0 radical (unpaired) electrons. The number of aryl methyl sites for hydroxylation is 2. The summed E-state index contributed by atoms with van der Waals surface area (Å²) in [6.45, 7) is 8.02. The van der Waals surface area contributed by atoms with Gasteiger partial charge in [0.05, 0.1) is 11.8 Å². The smallest absolute Gasteiger partial charge is 0.277 e.